The third-order valence-corrected chi connectivity index (χ3v) is 3.21. The number of carbonyl (C=O) groups is 1. The van der Waals surface area contributed by atoms with Gasteiger partial charge in [0.2, 0.25) is 0 Å². The number of unbranched alkanes of at least 4 members (excludes halogenated alkanes) is 1. The maximum Gasteiger partial charge on any atom is 0.338 e. The van der Waals surface area contributed by atoms with Gasteiger partial charge in [-0.15, -0.1) is 0 Å². The lowest BCUT2D eigenvalue weighted by molar-refractivity contribution is 0.0313. The molecule has 3 heteroatoms. The van der Waals surface area contributed by atoms with Crippen LogP contribution >= 0.6 is 0 Å². The summed E-state index contributed by atoms with van der Waals surface area (Å²) in [7, 11) is 0. The van der Waals surface area contributed by atoms with Crippen LogP contribution in [0.3, 0.4) is 0 Å². The fourth-order valence-corrected chi connectivity index (χ4v) is 1.91. The molecule has 0 atom stereocenters. The Hall–Kier alpha value is -1.35. The highest BCUT2D eigenvalue weighted by Gasteiger charge is 2.09. The molecule has 0 N–H and O–H groups in total. The van der Waals surface area contributed by atoms with Crippen molar-refractivity contribution in [2.24, 2.45) is 0 Å². The van der Waals surface area contributed by atoms with E-state index in [0.717, 1.165) is 32.3 Å². The van der Waals surface area contributed by atoms with E-state index in [-0.39, 0.29) is 5.97 Å². The molecule has 0 aliphatic carbocycles. The molecule has 0 bridgehead atoms. The van der Waals surface area contributed by atoms with Gasteiger partial charge < -0.3 is 9.47 Å². The molecule has 0 saturated heterocycles. The first-order chi connectivity index (χ1) is 9.71. The van der Waals surface area contributed by atoms with E-state index in [4.69, 9.17) is 9.47 Å². The number of hydrogen-bond donors (Lipinski definition) is 0. The van der Waals surface area contributed by atoms with Gasteiger partial charge in [0.05, 0.1) is 12.2 Å². The van der Waals surface area contributed by atoms with Gasteiger partial charge in [0, 0.05) is 6.61 Å². The molecule has 3 nitrogen and oxygen atoms in total. The fraction of sp³-hybridized carbons (Fsp3) is 0.588. The van der Waals surface area contributed by atoms with Crippen molar-refractivity contribution in [2.75, 3.05) is 19.8 Å². The first-order valence-electron chi connectivity index (χ1n) is 7.58. The van der Waals surface area contributed by atoms with Crippen molar-refractivity contribution in [1.29, 1.82) is 0 Å². The third-order valence-electron chi connectivity index (χ3n) is 3.21. The van der Waals surface area contributed by atoms with E-state index < -0.39 is 0 Å². The number of rotatable bonds is 9. The summed E-state index contributed by atoms with van der Waals surface area (Å²) in [5.41, 5.74) is 3.00. The lowest BCUT2D eigenvalue weighted by Crippen LogP contribution is -2.12. The Balaban J connectivity index is 2.46. The standard InChI is InChI=1S/C17H26O3/c1-4-7-8-19-9-10-20-17(18)16-12-14(5-2)11-15(6-3)13-16/h11-13H,4-10H2,1-3H3. The fourth-order valence-electron chi connectivity index (χ4n) is 1.91. The molecule has 0 aromatic heterocycles. The predicted octanol–water partition coefficient (Wildman–Crippen LogP) is 3.78. The minimum atomic E-state index is -0.255. The summed E-state index contributed by atoms with van der Waals surface area (Å²) in [4.78, 5) is 12.0. The van der Waals surface area contributed by atoms with Crippen molar-refractivity contribution in [2.45, 2.75) is 46.5 Å². The van der Waals surface area contributed by atoms with Crippen LogP contribution in [0.25, 0.3) is 0 Å². The average molecular weight is 278 g/mol. The molecule has 1 rings (SSSR count). The third kappa shape index (κ3) is 5.74. The van der Waals surface area contributed by atoms with E-state index in [2.05, 4.69) is 26.8 Å². The molecule has 20 heavy (non-hydrogen) atoms. The summed E-state index contributed by atoms with van der Waals surface area (Å²) in [6, 6.07) is 5.98. The predicted molar refractivity (Wildman–Crippen MR) is 81.2 cm³/mol. The van der Waals surface area contributed by atoms with Crippen LogP contribution in [0.15, 0.2) is 18.2 Å². The minimum absolute atomic E-state index is 0.255. The number of esters is 1. The maximum atomic E-state index is 12.0. The molecular weight excluding hydrogens is 252 g/mol. The number of carbonyl (C=O) groups excluding carboxylic acids is 1. The van der Waals surface area contributed by atoms with Crippen LogP contribution in [0, 0.1) is 0 Å². The van der Waals surface area contributed by atoms with Gasteiger partial charge in [-0.1, -0.05) is 33.3 Å². The minimum Gasteiger partial charge on any atom is -0.460 e. The Morgan fingerprint density at radius 2 is 1.60 bits per heavy atom. The van der Waals surface area contributed by atoms with E-state index >= 15 is 0 Å². The highest BCUT2D eigenvalue weighted by molar-refractivity contribution is 5.89. The molecule has 1 aromatic carbocycles. The monoisotopic (exact) mass is 278 g/mol. The summed E-state index contributed by atoms with van der Waals surface area (Å²) in [6.45, 7) is 7.83. The van der Waals surface area contributed by atoms with Gasteiger partial charge in [0.25, 0.3) is 0 Å². The van der Waals surface area contributed by atoms with Crippen molar-refractivity contribution >= 4 is 5.97 Å². The molecule has 0 radical (unpaired) electrons. The summed E-state index contributed by atoms with van der Waals surface area (Å²) in [5.74, 6) is -0.255. The summed E-state index contributed by atoms with van der Waals surface area (Å²) in [6.07, 6.45) is 4.01. The molecule has 0 unspecified atom stereocenters. The van der Waals surface area contributed by atoms with Crippen molar-refractivity contribution in [1.82, 2.24) is 0 Å². The van der Waals surface area contributed by atoms with Crippen molar-refractivity contribution in [3.63, 3.8) is 0 Å². The molecule has 0 heterocycles. The van der Waals surface area contributed by atoms with Crippen LogP contribution in [-0.2, 0) is 22.3 Å². The second-order valence-electron chi connectivity index (χ2n) is 4.85. The summed E-state index contributed by atoms with van der Waals surface area (Å²) in [5, 5.41) is 0. The maximum absolute atomic E-state index is 12.0. The SMILES string of the molecule is CCCCOCCOC(=O)c1cc(CC)cc(CC)c1. The average Bonchev–Trinajstić information content (AvgIpc) is 2.49. The zero-order valence-corrected chi connectivity index (χ0v) is 12.9. The van der Waals surface area contributed by atoms with Crippen LogP contribution in [-0.4, -0.2) is 25.8 Å². The number of benzene rings is 1. The van der Waals surface area contributed by atoms with Gasteiger partial charge in [0.15, 0.2) is 0 Å². The van der Waals surface area contributed by atoms with Crippen molar-refractivity contribution in [3.05, 3.63) is 34.9 Å². The van der Waals surface area contributed by atoms with E-state index in [0.29, 0.717) is 18.8 Å². The van der Waals surface area contributed by atoms with E-state index in [1.54, 1.807) is 0 Å². The Morgan fingerprint density at radius 1 is 0.950 bits per heavy atom. The molecule has 0 spiro atoms. The van der Waals surface area contributed by atoms with Crippen molar-refractivity contribution in [3.8, 4) is 0 Å². The lowest BCUT2D eigenvalue weighted by Gasteiger charge is -2.08. The number of hydrogen-bond acceptors (Lipinski definition) is 3. The van der Waals surface area contributed by atoms with Gasteiger partial charge in [-0.25, -0.2) is 4.79 Å². The highest BCUT2D eigenvalue weighted by Crippen LogP contribution is 2.13. The van der Waals surface area contributed by atoms with Crippen LogP contribution in [0.4, 0.5) is 0 Å². The van der Waals surface area contributed by atoms with Crippen LogP contribution in [0.2, 0.25) is 0 Å². The molecule has 0 aliphatic heterocycles. The van der Waals surface area contributed by atoms with E-state index in [1.165, 1.54) is 11.1 Å². The Labute approximate surface area is 122 Å². The van der Waals surface area contributed by atoms with E-state index in [1.807, 2.05) is 12.1 Å². The van der Waals surface area contributed by atoms with E-state index in [9.17, 15) is 4.79 Å². The first kappa shape index (κ1) is 16.7. The topological polar surface area (TPSA) is 35.5 Å². The smallest absolute Gasteiger partial charge is 0.338 e. The van der Waals surface area contributed by atoms with Gasteiger partial charge in [0.1, 0.15) is 6.61 Å². The Morgan fingerprint density at radius 3 is 2.15 bits per heavy atom. The van der Waals surface area contributed by atoms with Gasteiger partial charge in [-0.3, -0.25) is 0 Å². The van der Waals surface area contributed by atoms with Gasteiger partial charge in [-0.05, 0) is 42.5 Å². The second-order valence-corrected chi connectivity index (χ2v) is 4.85. The summed E-state index contributed by atoms with van der Waals surface area (Å²) < 4.78 is 10.6. The van der Waals surface area contributed by atoms with Crippen molar-refractivity contribution < 1.29 is 14.3 Å². The summed E-state index contributed by atoms with van der Waals surface area (Å²) >= 11 is 0. The molecule has 0 amide bonds. The number of aryl methyl sites for hydroxylation is 2. The van der Waals surface area contributed by atoms with Crippen LogP contribution in [0.1, 0.15) is 55.1 Å². The molecule has 112 valence electrons. The highest BCUT2D eigenvalue weighted by atomic mass is 16.6. The first-order valence-corrected chi connectivity index (χ1v) is 7.58. The van der Waals surface area contributed by atoms with Crippen LogP contribution in [0.5, 0.6) is 0 Å². The van der Waals surface area contributed by atoms with Crippen LogP contribution < -0.4 is 0 Å². The number of ether oxygens (including phenoxy) is 2. The molecule has 0 fully saturated rings. The zero-order valence-electron chi connectivity index (χ0n) is 12.9. The zero-order chi connectivity index (χ0) is 14.8. The second kappa shape index (κ2) is 9.54. The molecule has 1 aromatic rings. The van der Waals surface area contributed by atoms with Gasteiger partial charge in [-0.2, -0.15) is 0 Å². The lowest BCUT2D eigenvalue weighted by atomic mass is 10.0. The largest absolute Gasteiger partial charge is 0.460 e. The normalized spacial score (nSPS) is 10.6. The molecular formula is C17H26O3. The Kier molecular flexibility index (Phi) is 7.97. The quantitative estimate of drug-likeness (QED) is 0.509. The van der Waals surface area contributed by atoms with Gasteiger partial charge >= 0.3 is 5.97 Å². The molecule has 0 aliphatic rings. The molecule has 0 saturated carbocycles. The Bertz CT molecular complexity index is 390.